The summed E-state index contributed by atoms with van der Waals surface area (Å²) in [7, 11) is 1.54. The standard InChI is InChI=1S/C19H20F2N2O3/c1-25-17-4-2-3-5-18(17)26-13-19(24)23-10-8-22(9-11-23)16-7-6-14(20)12-15(16)21/h2-7,12H,8-11,13H2,1H3. The molecule has 1 saturated heterocycles. The van der Waals surface area contributed by atoms with Crippen LogP contribution in [0.3, 0.4) is 0 Å². The molecule has 0 bridgehead atoms. The number of piperazine rings is 1. The Kier molecular flexibility index (Phi) is 5.55. The Balaban J connectivity index is 1.53. The van der Waals surface area contributed by atoms with Crippen molar-refractivity contribution >= 4 is 11.6 Å². The van der Waals surface area contributed by atoms with Crippen LogP contribution in [0.2, 0.25) is 0 Å². The Hall–Kier alpha value is -2.83. The second-order valence-electron chi connectivity index (χ2n) is 5.90. The normalized spacial score (nSPS) is 14.3. The molecule has 1 amide bonds. The van der Waals surface area contributed by atoms with E-state index in [-0.39, 0.29) is 12.5 Å². The lowest BCUT2D eigenvalue weighted by molar-refractivity contribution is -0.133. The maximum Gasteiger partial charge on any atom is 0.260 e. The van der Waals surface area contributed by atoms with Gasteiger partial charge in [-0.2, -0.15) is 0 Å². The summed E-state index contributed by atoms with van der Waals surface area (Å²) in [6.07, 6.45) is 0. The number of rotatable bonds is 5. The first-order chi connectivity index (χ1) is 12.6. The van der Waals surface area contributed by atoms with Crippen LogP contribution < -0.4 is 14.4 Å². The van der Waals surface area contributed by atoms with Crippen molar-refractivity contribution in [3.05, 3.63) is 54.1 Å². The van der Waals surface area contributed by atoms with Gasteiger partial charge in [-0.3, -0.25) is 4.79 Å². The van der Waals surface area contributed by atoms with Gasteiger partial charge in [-0.05, 0) is 24.3 Å². The van der Waals surface area contributed by atoms with Crippen LogP contribution in [0.5, 0.6) is 11.5 Å². The topological polar surface area (TPSA) is 42.0 Å². The zero-order valence-electron chi connectivity index (χ0n) is 14.5. The van der Waals surface area contributed by atoms with Crippen molar-refractivity contribution in [1.82, 2.24) is 4.90 Å². The molecular formula is C19H20F2N2O3. The second-order valence-corrected chi connectivity index (χ2v) is 5.90. The molecular weight excluding hydrogens is 342 g/mol. The van der Waals surface area contributed by atoms with Crippen molar-refractivity contribution in [2.75, 3.05) is 44.8 Å². The van der Waals surface area contributed by atoms with E-state index in [0.29, 0.717) is 43.4 Å². The highest BCUT2D eigenvalue weighted by Gasteiger charge is 2.23. The van der Waals surface area contributed by atoms with Crippen molar-refractivity contribution in [3.63, 3.8) is 0 Å². The molecule has 0 spiro atoms. The highest BCUT2D eigenvalue weighted by Crippen LogP contribution is 2.26. The quantitative estimate of drug-likeness (QED) is 0.820. The van der Waals surface area contributed by atoms with Crippen molar-refractivity contribution < 1.29 is 23.0 Å². The highest BCUT2D eigenvalue weighted by molar-refractivity contribution is 5.78. The van der Waals surface area contributed by atoms with Crippen LogP contribution in [0.15, 0.2) is 42.5 Å². The third kappa shape index (κ3) is 4.04. The molecule has 26 heavy (non-hydrogen) atoms. The van der Waals surface area contributed by atoms with E-state index in [1.54, 1.807) is 28.0 Å². The third-order valence-corrected chi connectivity index (χ3v) is 4.30. The molecule has 2 aromatic carbocycles. The van der Waals surface area contributed by atoms with Gasteiger partial charge >= 0.3 is 0 Å². The lowest BCUT2D eigenvalue weighted by Crippen LogP contribution is -2.50. The minimum absolute atomic E-state index is 0.0920. The Morgan fingerprint density at radius 2 is 1.73 bits per heavy atom. The van der Waals surface area contributed by atoms with Gasteiger partial charge in [0.05, 0.1) is 12.8 Å². The molecule has 0 atom stereocenters. The molecule has 5 nitrogen and oxygen atoms in total. The summed E-state index contributed by atoms with van der Waals surface area (Å²) in [5.74, 6) is -0.264. The molecule has 0 N–H and O–H groups in total. The minimum Gasteiger partial charge on any atom is -0.493 e. The van der Waals surface area contributed by atoms with Gasteiger partial charge in [-0.15, -0.1) is 0 Å². The summed E-state index contributed by atoms with van der Waals surface area (Å²) in [5, 5.41) is 0. The van der Waals surface area contributed by atoms with E-state index < -0.39 is 11.6 Å². The van der Waals surface area contributed by atoms with Crippen molar-refractivity contribution in [2.45, 2.75) is 0 Å². The van der Waals surface area contributed by atoms with Crippen LogP contribution in [0.1, 0.15) is 0 Å². The number of methoxy groups -OCH3 is 1. The molecule has 0 aromatic heterocycles. The fourth-order valence-electron chi connectivity index (χ4n) is 2.90. The molecule has 1 fully saturated rings. The number of amides is 1. The number of ether oxygens (including phenoxy) is 2. The number of benzene rings is 2. The number of carbonyl (C=O) groups is 1. The van der Waals surface area contributed by atoms with Gasteiger partial charge in [0.15, 0.2) is 18.1 Å². The van der Waals surface area contributed by atoms with Crippen molar-refractivity contribution in [2.24, 2.45) is 0 Å². The molecule has 2 aromatic rings. The Morgan fingerprint density at radius 1 is 1.04 bits per heavy atom. The maximum absolute atomic E-state index is 13.9. The molecule has 7 heteroatoms. The summed E-state index contributed by atoms with van der Waals surface area (Å²) in [4.78, 5) is 15.8. The number of anilines is 1. The minimum atomic E-state index is -0.603. The number of hydrogen-bond acceptors (Lipinski definition) is 4. The number of hydrogen-bond donors (Lipinski definition) is 0. The Labute approximate surface area is 150 Å². The first-order valence-electron chi connectivity index (χ1n) is 8.32. The SMILES string of the molecule is COc1ccccc1OCC(=O)N1CCN(c2ccc(F)cc2F)CC1. The molecule has 0 radical (unpaired) electrons. The zero-order valence-corrected chi connectivity index (χ0v) is 14.5. The zero-order chi connectivity index (χ0) is 18.5. The number of carbonyl (C=O) groups excluding carboxylic acids is 1. The summed E-state index contributed by atoms with van der Waals surface area (Å²) < 4.78 is 37.6. The molecule has 0 saturated carbocycles. The van der Waals surface area contributed by atoms with Gasteiger partial charge in [-0.1, -0.05) is 12.1 Å². The van der Waals surface area contributed by atoms with Gasteiger partial charge in [0.1, 0.15) is 11.6 Å². The molecule has 0 unspecified atom stereocenters. The summed E-state index contributed by atoms with van der Waals surface area (Å²) >= 11 is 0. The first kappa shape index (κ1) is 18.0. The molecule has 1 heterocycles. The number of nitrogens with zero attached hydrogens (tertiary/aromatic N) is 2. The van der Waals surface area contributed by atoms with E-state index in [0.717, 1.165) is 6.07 Å². The van der Waals surface area contributed by atoms with E-state index in [1.165, 1.54) is 19.2 Å². The van der Waals surface area contributed by atoms with E-state index in [4.69, 9.17) is 9.47 Å². The van der Waals surface area contributed by atoms with Crippen LogP contribution >= 0.6 is 0 Å². The summed E-state index contributed by atoms with van der Waals surface area (Å²) in [6, 6.07) is 10.6. The molecule has 0 aliphatic carbocycles. The predicted molar refractivity (Wildman–Crippen MR) is 93.6 cm³/mol. The van der Waals surface area contributed by atoms with Gasteiger partial charge in [0.25, 0.3) is 5.91 Å². The molecule has 1 aliphatic rings. The fourth-order valence-corrected chi connectivity index (χ4v) is 2.90. The van der Waals surface area contributed by atoms with Crippen LogP contribution in [-0.2, 0) is 4.79 Å². The maximum atomic E-state index is 13.9. The Bertz CT molecular complexity index is 777. The number of para-hydroxylation sites is 2. The van der Waals surface area contributed by atoms with Crippen LogP contribution in [0.25, 0.3) is 0 Å². The van der Waals surface area contributed by atoms with Crippen LogP contribution in [-0.4, -0.2) is 50.7 Å². The number of halogens is 2. The van der Waals surface area contributed by atoms with Gasteiger partial charge in [0.2, 0.25) is 0 Å². The van der Waals surface area contributed by atoms with E-state index in [1.807, 2.05) is 6.07 Å². The molecule has 3 rings (SSSR count). The highest BCUT2D eigenvalue weighted by atomic mass is 19.1. The van der Waals surface area contributed by atoms with Crippen molar-refractivity contribution in [3.8, 4) is 11.5 Å². The predicted octanol–water partition coefficient (Wildman–Crippen LogP) is 2.70. The fraction of sp³-hybridized carbons (Fsp3) is 0.316. The van der Waals surface area contributed by atoms with Gasteiger partial charge in [-0.25, -0.2) is 8.78 Å². The van der Waals surface area contributed by atoms with Gasteiger partial charge < -0.3 is 19.3 Å². The lowest BCUT2D eigenvalue weighted by Gasteiger charge is -2.36. The second kappa shape index (κ2) is 8.03. The summed E-state index contributed by atoms with van der Waals surface area (Å²) in [6.45, 7) is 1.76. The smallest absolute Gasteiger partial charge is 0.260 e. The van der Waals surface area contributed by atoms with Crippen LogP contribution in [0, 0.1) is 11.6 Å². The van der Waals surface area contributed by atoms with Gasteiger partial charge in [0, 0.05) is 32.2 Å². The first-order valence-corrected chi connectivity index (χ1v) is 8.32. The molecule has 1 aliphatic heterocycles. The van der Waals surface area contributed by atoms with Crippen molar-refractivity contribution in [1.29, 1.82) is 0 Å². The van der Waals surface area contributed by atoms with E-state index >= 15 is 0 Å². The monoisotopic (exact) mass is 362 g/mol. The summed E-state index contributed by atoms with van der Waals surface area (Å²) in [5.41, 5.74) is 0.351. The van der Waals surface area contributed by atoms with E-state index in [2.05, 4.69) is 0 Å². The average molecular weight is 362 g/mol. The largest absolute Gasteiger partial charge is 0.493 e. The van der Waals surface area contributed by atoms with E-state index in [9.17, 15) is 13.6 Å². The lowest BCUT2D eigenvalue weighted by atomic mass is 10.2. The molecule has 138 valence electrons. The third-order valence-electron chi connectivity index (χ3n) is 4.30. The average Bonchev–Trinajstić information content (AvgIpc) is 2.66. The van der Waals surface area contributed by atoms with Crippen LogP contribution in [0.4, 0.5) is 14.5 Å². The Morgan fingerprint density at radius 3 is 2.38 bits per heavy atom.